The van der Waals surface area contributed by atoms with Crippen LogP contribution >= 0.6 is 0 Å². The molecule has 3 N–H and O–H groups in total. The van der Waals surface area contributed by atoms with E-state index < -0.39 is 12.1 Å². The molecule has 0 aromatic carbocycles. The third-order valence-electron chi connectivity index (χ3n) is 12.8. The van der Waals surface area contributed by atoms with Gasteiger partial charge in [-0.1, -0.05) is 263 Å². The van der Waals surface area contributed by atoms with Crippen LogP contribution in [-0.2, 0) is 14.3 Å². The van der Waals surface area contributed by atoms with Crippen molar-refractivity contribution in [1.82, 2.24) is 5.32 Å². The van der Waals surface area contributed by atoms with E-state index in [0.717, 1.165) is 51.4 Å². The van der Waals surface area contributed by atoms with E-state index in [9.17, 15) is 19.8 Å². The summed E-state index contributed by atoms with van der Waals surface area (Å²) in [5.74, 6) is -0.0744. The summed E-state index contributed by atoms with van der Waals surface area (Å²) >= 11 is 0. The molecule has 0 heterocycles. The van der Waals surface area contributed by atoms with E-state index in [-0.39, 0.29) is 18.5 Å². The number of allylic oxidation sites excluding steroid dienone is 3. The highest BCUT2D eigenvalue weighted by molar-refractivity contribution is 5.76. The smallest absolute Gasteiger partial charge is 0.305 e. The quantitative estimate of drug-likeness (QED) is 0.0321. The first-order valence-corrected chi connectivity index (χ1v) is 27.6. The molecule has 0 spiro atoms. The molecule has 0 saturated heterocycles. The van der Waals surface area contributed by atoms with Crippen LogP contribution in [-0.4, -0.2) is 47.4 Å². The van der Waals surface area contributed by atoms with Crippen LogP contribution in [0.15, 0.2) is 24.3 Å². The van der Waals surface area contributed by atoms with Gasteiger partial charge in [-0.3, -0.25) is 9.59 Å². The summed E-state index contributed by atoms with van der Waals surface area (Å²) in [7, 11) is 0. The van der Waals surface area contributed by atoms with Gasteiger partial charge in [-0.05, 0) is 44.9 Å². The minimum atomic E-state index is -0.666. The lowest BCUT2D eigenvalue weighted by molar-refractivity contribution is -0.143. The van der Waals surface area contributed by atoms with Crippen molar-refractivity contribution >= 4 is 11.9 Å². The van der Waals surface area contributed by atoms with E-state index >= 15 is 0 Å². The van der Waals surface area contributed by atoms with E-state index in [1.165, 1.54) is 212 Å². The molecule has 0 aliphatic carbocycles. The number of hydrogen-bond acceptors (Lipinski definition) is 5. The molecule has 6 nitrogen and oxygen atoms in total. The summed E-state index contributed by atoms with van der Waals surface area (Å²) in [4.78, 5) is 24.4. The zero-order valence-corrected chi connectivity index (χ0v) is 41.6. The van der Waals surface area contributed by atoms with Gasteiger partial charge in [-0.15, -0.1) is 0 Å². The monoisotopic (exact) mass is 874 g/mol. The van der Waals surface area contributed by atoms with Crippen LogP contribution in [0.1, 0.15) is 296 Å². The van der Waals surface area contributed by atoms with Gasteiger partial charge in [0.2, 0.25) is 5.91 Å². The fourth-order valence-corrected chi connectivity index (χ4v) is 8.54. The maximum absolute atomic E-state index is 12.4. The molecule has 0 bridgehead atoms. The molecular formula is C56H107NO5. The van der Waals surface area contributed by atoms with Gasteiger partial charge in [-0.25, -0.2) is 0 Å². The maximum Gasteiger partial charge on any atom is 0.305 e. The van der Waals surface area contributed by atoms with Gasteiger partial charge in [0.05, 0.1) is 25.4 Å². The number of ether oxygens (including phenoxy) is 1. The number of aliphatic hydroxyl groups excluding tert-OH is 2. The Morgan fingerprint density at radius 2 is 0.806 bits per heavy atom. The number of aliphatic hydroxyl groups is 2. The Kier molecular flexibility index (Phi) is 50.6. The SMILES string of the molecule is CCCCCCCCCCCCCCC(=O)OCC/C=C\C/C=C\CCCCCCCCCCCCCCCCC(=O)NC(CO)C(O)CCCCCCCCCCCCCC. The second-order valence-corrected chi connectivity index (χ2v) is 18.9. The molecule has 0 saturated carbocycles. The summed E-state index contributed by atoms with van der Waals surface area (Å²) in [6.45, 7) is 4.84. The first kappa shape index (κ1) is 60.3. The molecule has 2 unspecified atom stereocenters. The third-order valence-corrected chi connectivity index (χ3v) is 12.8. The van der Waals surface area contributed by atoms with Gasteiger partial charge in [0.25, 0.3) is 0 Å². The number of hydrogen-bond donors (Lipinski definition) is 3. The summed E-state index contributed by atoms with van der Waals surface area (Å²) in [6, 6.07) is -0.543. The normalized spacial score (nSPS) is 12.8. The average Bonchev–Trinajstić information content (AvgIpc) is 3.27. The Hall–Kier alpha value is -1.66. The molecular weight excluding hydrogens is 767 g/mol. The van der Waals surface area contributed by atoms with Crippen molar-refractivity contribution < 1.29 is 24.5 Å². The van der Waals surface area contributed by atoms with Crippen LogP contribution < -0.4 is 5.32 Å². The Morgan fingerprint density at radius 1 is 0.452 bits per heavy atom. The van der Waals surface area contributed by atoms with Crippen LogP contribution in [0.25, 0.3) is 0 Å². The molecule has 0 aromatic heterocycles. The van der Waals surface area contributed by atoms with Gasteiger partial charge in [0.1, 0.15) is 0 Å². The molecule has 62 heavy (non-hydrogen) atoms. The van der Waals surface area contributed by atoms with Gasteiger partial charge < -0.3 is 20.3 Å². The third kappa shape index (κ3) is 47.8. The number of carbonyl (C=O) groups is 2. The molecule has 0 rings (SSSR count). The van der Waals surface area contributed by atoms with Crippen LogP contribution in [0, 0.1) is 0 Å². The molecule has 0 radical (unpaired) electrons. The lowest BCUT2D eigenvalue weighted by atomic mass is 10.0. The van der Waals surface area contributed by atoms with Crippen LogP contribution in [0.3, 0.4) is 0 Å². The highest BCUT2D eigenvalue weighted by Crippen LogP contribution is 2.17. The Morgan fingerprint density at radius 3 is 1.23 bits per heavy atom. The summed E-state index contributed by atoms with van der Waals surface area (Å²) < 4.78 is 5.40. The number of carbonyl (C=O) groups excluding carboxylic acids is 2. The topological polar surface area (TPSA) is 95.9 Å². The predicted octanol–water partition coefficient (Wildman–Crippen LogP) is 16.7. The van der Waals surface area contributed by atoms with Crippen LogP contribution in [0.4, 0.5) is 0 Å². The Bertz CT molecular complexity index is 966. The second-order valence-electron chi connectivity index (χ2n) is 18.9. The average molecular weight is 874 g/mol. The van der Waals surface area contributed by atoms with Crippen molar-refractivity contribution in [3.05, 3.63) is 24.3 Å². The van der Waals surface area contributed by atoms with Crippen LogP contribution in [0.2, 0.25) is 0 Å². The van der Waals surface area contributed by atoms with Gasteiger partial charge in [0.15, 0.2) is 0 Å². The molecule has 0 fully saturated rings. The largest absolute Gasteiger partial charge is 0.465 e. The molecule has 6 heteroatoms. The molecule has 1 amide bonds. The number of amides is 1. The minimum Gasteiger partial charge on any atom is -0.465 e. The van der Waals surface area contributed by atoms with Crippen LogP contribution in [0.5, 0.6) is 0 Å². The van der Waals surface area contributed by atoms with Crippen molar-refractivity contribution in [2.24, 2.45) is 0 Å². The fourth-order valence-electron chi connectivity index (χ4n) is 8.54. The maximum atomic E-state index is 12.4. The lowest BCUT2D eigenvalue weighted by Crippen LogP contribution is -2.45. The number of esters is 1. The highest BCUT2D eigenvalue weighted by atomic mass is 16.5. The van der Waals surface area contributed by atoms with E-state index in [1.54, 1.807) is 0 Å². The number of unbranched alkanes of at least 4 members (excludes halogenated alkanes) is 36. The van der Waals surface area contributed by atoms with E-state index in [4.69, 9.17) is 4.74 Å². The summed E-state index contributed by atoms with van der Waals surface area (Å²) in [6.07, 6.45) is 61.8. The zero-order valence-electron chi connectivity index (χ0n) is 41.6. The molecule has 2 atom stereocenters. The van der Waals surface area contributed by atoms with E-state index in [1.807, 2.05) is 0 Å². The number of rotatable bonds is 51. The summed E-state index contributed by atoms with van der Waals surface area (Å²) in [5.41, 5.74) is 0. The minimum absolute atomic E-state index is 0.0346. The standard InChI is InChI=1S/C56H107NO5/c1-3-5-7-9-11-13-15-28-32-36-40-44-48-54(59)53(52-58)57-55(60)49-45-41-37-33-29-26-24-22-20-18-17-19-21-23-25-27-31-35-39-43-47-51-62-56(61)50-46-42-38-34-30-16-14-12-10-8-6-4-2/h27,31,39,43,53-54,58-59H,3-26,28-30,32-38,40-42,44-52H2,1-2H3,(H,57,60)/b31-27-,43-39-. The van der Waals surface area contributed by atoms with Crippen molar-refractivity contribution in [2.45, 2.75) is 309 Å². The van der Waals surface area contributed by atoms with Crippen molar-refractivity contribution in [1.29, 1.82) is 0 Å². The zero-order chi connectivity index (χ0) is 45.1. The highest BCUT2D eigenvalue weighted by Gasteiger charge is 2.20. The van der Waals surface area contributed by atoms with Crippen molar-refractivity contribution in [3.8, 4) is 0 Å². The van der Waals surface area contributed by atoms with E-state index in [0.29, 0.717) is 25.9 Å². The molecule has 0 aliphatic heterocycles. The Balaban J connectivity index is 3.44. The van der Waals surface area contributed by atoms with Crippen molar-refractivity contribution in [3.63, 3.8) is 0 Å². The van der Waals surface area contributed by atoms with E-state index in [2.05, 4.69) is 43.5 Å². The molecule has 366 valence electrons. The Labute approximate surface area is 386 Å². The van der Waals surface area contributed by atoms with Crippen molar-refractivity contribution in [2.75, 3.05) is 13.2 Å². The lowest BCUT2D eigenvalue weighted by Gasteiger charge is -2.22. The first-order chi connectivity index (χ1) is 30.5. The second kappa shape index (κ2) is 52.0. The predicted molar refractivity (Wildman–Crippen MR) is 269 cm³/mol. The molecule has 0 aromatic rings. The first-order valence-electron chi connectivity index (χ1n) is 27.6. The van der Waals surface area contributed by atoms with Gasteiger partial charge >= 0.3 is 5.97 Å². The molecule has 0 aliphatic rings. The van der Waals surface area contributed by atoms with Gasteiger partial charge in [0, 0.05) is 12.8 Å². The van der Waals surface area contributed by atoms with Gasteiger partial charge in [-0.2, -0.15) is 0 Å². The summed E-state index contributed by atoms with van der Waals surface area (Å²) in [5, 5.41) is 23.2. The fraction of sp³-hybridized carbons (Fsp3) is 0.893. The number of nitrogens with one attached hydrogen (secondary N) is 1.